The number of hydrogen-bond donors (Lipinski definition) is 3. The van der Waals surface area contributed by atoms with Gasteiger partial charge in [0.05, 0.1) is 6.10 Å². The third-order valence-electron chi connectivity index (χ3n) is 4.76. The number of fused-ring (bicyclic) bond motifs is 1. The van der Waals surface area contributed by atoms with Crippen molar-refractivity contribution in [3.8, 4) is 0 Å². The summed E-state index contributed by atoms with van der Waals surface area (Å²) in [6, 6.07) is 15.3. The maximum atomic E-state index is 12.1. The number of nitrogens with one attached hydrogen (secondary N) is 2. The van der Waals surface area contributed by atoms with Crippen LogP contribution in [-0.2, 0) is 12.5 Å². The van der Waals surface area contributed by atoms with Gasteiger partial charge in [-0.3, -0.25) is 0 Å². The second kappa shape index (κ2) is 7.45. The number of aryl methyl sites for hydroxylation is 1. The van der Waals surface area contributed by atoms with E-state index in [1.807, 2.05) is 66.3 Å². The van der Waals surface area contributed by atoms with E-state index < -0.39 is 6.10 Å². The lowest BCUT2D eigenvalue weighted by molar-refractivity contribution is 0.175. The Labute approximate surface area is 160 Å². The highest BCUT2D eigenvalue weighted by Gasteiger charge is 2.14. The highest BCUT2D eigenvalue weighted by Crippen LogP contribution is 2.23. The van der Waals surface area contributed by atoms with E-state index in [-0.39, 0.29) is 18.0 Å². The van der Waals surface area contributed by atoms with Gasteiger partial charge in [0, 0.05) is 31.0 Å². The molecule has 3 N–H and O–H groups in total. The summed E-state index contributed by atoms with van der Waals surface area (Å²) in [6.45, 7) is 6.59. The number of nitrogens with zero attached hydrogens (tertiary/aromatic N) is 1. The monoisotopic (exact) mass is 365 g/mol. The summed E-state index contributed by atoms with van der Waals surface area (Å²) in [5.74, 6) is 0. The normalized spacial score (nSPS) is 12.8. The van der Waals surface area contributed by atoms with Crippen LogP contribution in [0.3, 0.4) is 0 Å². The molecule has 0 aliphatic carbocycles. The number of urea groups is 1. The highest BCUT2D eigenvalue weighted by atomic mass is 16.3. The third kappa shape index (κ3) is 4.49. The second-order valence-electron chi connectivity index (χ2n) is 7.92. The van der Waals surface area contributed by atoms with Crippen LogP contribution in [0.4, 0.5) is 10.5 Å². The largest absolute Gasteiger partial charge is 0.387 e. The number of hydrogen-bond acceptors (Lipinski definition) is 2. The number of amides is 2. The zero-order valence-corrected chi connectivity index (χ0v) is 16.3. The Morgan fingerprint density at radius 3 is 2.48 bits per heavy atom. The van der Waals surface area contributed by atoms with Crippen LogP contribution in [0, 0.1) is 0 Å². The van der Waals surface area contributed by atoms with Crippen LogP contribution in [0.2, 0.25) is 0 Å². The van der Waals surface area contributed by atoms with E-state index in [1.165, 1.54) is 5.56 Å². The molecule has 0 spiro atoms. The van der Waals surface area contributed by atoms with Gasteiger partial charge in [-0.2, -0.15) is 0 Å². The lowest BCUT2D eigenvalue weighted by atomic mass is 9.87. The Morgan fingerprint density at radius 1 is 1.11 bits per heavy atom. The summed E-state index contributed by atoms with van der Waals surface area (Å²) in [6.07, 6.45) is 1.22. The summed E-state index contributed by atoms with van der Waals surface area (Å²) >= 11 is 0. The quantitative estimate of drug-likeness (QED) is 0.644. The lowest BCUT2D eigenvalue weighted by Crippen LogP contribution is -2.32. The zero-order valence-electron chi connectivity index (χ0n) is 16.3. The number of aliphatic hydroxyl groups is 1. The van der Waals surface area contributed by atoms with Gasteiger partial charge in [0.1, 0.15) is 0 Å². The van der Waals surface area contributed by atoms with Gasteiger partial charge in [0.2, 0.25) is 0 Å². The standard InChI is InChI=1S/C22H27N3O2/c1-22(2,3)17-6-8-18(9-7-17)24-21(27)23-14-20(26)16-5-10-19-15(13-16)11-12-25(19)4/h5-13,20,26H,14H2,1-4H3,(H2,23,24,27). The minimum Gasteiger partial charge on any atom is -0.387 e. The fraction of sp³-hybridized carbons (Fsp3) is 0.318. The van der Waals surface area contributed by atoms with E-state index in [0.717, 1.165) is 22.2 Å². The van der Waals surface area contributed by atoms with Crippen LogP contribution in [0.1, 0.15) is 38.0 Å². The zero-order chi connectivity index (χ0) is 19.6. The Kier molecular flexibility index (Phi) is 5.24. The van der Waals surface area contributed by atoms with Crippen molar-refractivity contribution in [1.29, 1.82) is 0 Å². The van der Waals surface area contributed by atoms with E-state index in [1.54, 1.807) is 0 Å². The van der Waals surface area contributed by atoms with E-state index in [9.17, 15) is 9.90 Å². The van der Waals surface area contributed by atoms with Crippen molar-refractivity contribution in [2.45, 2.75) is 32.3 Å². The van der Waals surface area contributed by atoms with Crippen molar-refractivity contribution in [1.82, 2.24) is 9.88 Å². The van der Waals surface area contributed by atoms with Crippen molar-refractivity contribution in [3.63, 3.8) is 0 Å². The lowest BCUT2D eigenvalue weighted by Gasteiger charge is -2.19. The number of aliphatic hydroxyl groups excluding tert-OH is 1. The summed E-state index contributed by atoms with van der Waals surface area (Å²) in [5, 5.41) is 17.0. The molecule has 27 heavy (non-hydrogen) atoms. The molecule has 0 radical (unpaired) electrons. The van der Waals surface area contributed by atoms with E-state index in [4.69, 9.17) is 0 Å². The first-order valence-corrected chi connectivity index (χ1v) is 9.12. The Balaban J connectivity index is 1.56. The molecular formula is C22H27N3O2. The molecule has 0 fully saturated rings. The van der Waals surface area contributed by atoms with Gasteiger partial charge in [-0.05, 0) is 52.3 Å². The van der Waals surface area contributed by atoms with Crippen LogP contribution < -0.4 is 10.6 Å². The highest BCUT2D eigenvalue weighted by molar-refractivity contribution is 5.89. The fourth-order valence-corrected chi connectivity index (χ4v) is 3.04. The number of carbonyl (C=O) groups excluding carboxylic acids is 1. The molecule has 3 rings (SSSR count). The maximum absolute atomic E-state index is 12.1. The van der Waals surface area contributed by atoms with E-state index >= 15 is 0 Å². The van der Waals surface area contributed by atoms with E-state index in [0.29, 0.717) is 0 Å². The average molecular weight is 365 g/mol. The van der Waals surface area contributed by atoms with Crippen molar-refractivity contribution in [2.75, 3.05) is 11.9 Å². The molecule has 5 heteroatoms. The smallest absolute Gasteiger partial charge is 0.319 e. The van der Waals surface area contributed by atoms with Crippen molar-refractivity contribution in [2.24, 2.45) is 7.05 Å². The Bertz CT molecular complexity index is 936. The predicted molar refractivity (Wildman–Crippen MR) is 110 cm³/mol. The van der Waals surface area contributed by atoms with Crippen LogP contribution in [-0.4, -0.2) is 22.2 Å². The van der Waals surface area contributed by atoms with Gasteiger partial charge in [-0.1, -0.05) is 39.0 Å². The molecule has 1 heterocycles. The Morgan fingerprint density at radius 2 is 1.81 bits per heavy atom. The molecule has 1 unspecified atom stereocenters. The maximum Gasteiger partial charge on any atom is 0.319 e. The summed E-state index contributed by atoms with van der Waals surface area (Å²) in [4.78, 5) is 12.1. The Hall–Kier alpha value is -2.79. The molecule has 2 aromatic carbocycles. The minimum absolute atomic E-state index is 0.0742. The number of carbonyl (C=O) groups is 1. The molecule has 5 nitrogen and oxygen atoms in total. The average Bonchev–Trinajstić information content (AvgIpc) is 3.00. The van der Waals surface area contributed by atoms with Crippen LogP contribution >= 0.6 is 0 Å². The number of aromatic nitrogens is 1. The van der Waals surface area contributed by atoms with Crippen LogP contribution in [0.5, 0.6) is 0 Å². The fourth-order valence-electron chi connectivity index (χ4n) is 3.04. The first-order chi connectivity index (χ1) is 12.7. The molecule has 142 valence electrons. The van der Waals surface area contributed by atoms with Gasteiger partial charge < -0.3 is 20.3 Å². The van der Waals surface area contributed by atoms with Crippen molar-refractivity contribution < 1.29 is 9.90 Å². The van der Waals surface area contributed by atoms with Gasteiger partial charge in [-0.25, -0.2) is 4.79 Å². The number of benzene rings is 2. The van der Waals surface area contributed by atoms with Crippen molar-refractivity contribution in [3.05, 3.63) is 65.9 Å². The third-order valence-corrected chi connectivity index (χ3v) is 4.76. The molecular weight excluding hydrogens is 338 g/mol. The van der Waals surface area contributed by atoms with Gasteiger partial charge in [0.15, 0.2) is 0 Å². The summed E-state index contributed by atoms with van der Waals surface area (Å²) < 4.78 is 2.03. The van der Waals surface area contributed by atoms with Crippen LogP contribution in [0.15, 0.2) is 54.7 Å². The number of anilines is 1. The first-order valence-electron chi connectivity index (χ1n) is 9.12. The molecule has 0 aliphatic heterocycles. The molecule has 3 aromatic rings. The van der Waals surface area contributed by atoms with E-state index in [2.05, 4.69) is 31.4 Å². The molecule has 1 aromatic heterocycles. The summed E-state index contributed by atoms with van der Waals surface area (Å²) in [7, 11) is 1.98. The molecule has 0 saturated heterocycles. The topological polar surface area (TPSA) is 66.3 Å². The summed E-state index contributed by atoms with van der Waals surface area (Å²) in [5.41, 5.74) is 3.89. The number of rotatable bonds is 4. The second-order valence-corrected chi connectivity index (χ2v) is 7.92. The SMILES string of the molecule is Cn1ccc2cc(C(O)CNC(=O)Nc3ccc(C(C)(C)C)cc3)ccc21. The molecule has 2 amide bonds. The molecule has 0 bridgehead atoms. The van der Waals surface area contributed by atoms with Gasteiger partial charge in [-0.15, -0.1) is 0 Å². The molecule has 0 aliphatic rings. The van der Waals surface area contributed by atoms with Crippen LogP contribution in [0.25, 0.3) is 10.9 Å². The van der Waals surface area contributed by atoms with Gasteiger partial charge >= 0.3 is 6.03 Å². The first kappa shape index (κ1) is 19.0. The van der Waals surface area contributed by atoms with Crippen molar-refractivity contribution >= 4 is 22.6 Å². The molecule has 1 atom stereocenters. The predicted octanol–water partition coefficient (Wildman–Crippen LogP) is 4.33. The molecule has 0 saturated carbocycles. The van der Waals surface area contributed by atoms with Gasteiger partial charge in [0.25, 0.3) is 0 Å². The minimum atomic E-state index is -0.761.